The van der Waals surface area contributed by atoms with Gasteiger partial charge in [0, 0.05) is 19.3 Å². The fraction of sp³-hybridized carbons (Fsp3) is 0.500. The van der Waals surface area contributed by atoms with Crippen molar-refractivity contribution in [1.29, 1.82) is 0 Å². The second kappa shape index (κ2) is 8.86. The van der Waals surface area contributed by atoms with Crippen LogP contribution in [0.5, 0.6) is 0 Å². The molecule has 0 radical (unpaired) electrons. The maximum absolute atomic E-state index is 12.3. The van der Waals surface area contributed by atoms with Crippen molar-refractivity contribution in [3.8, 4) is 0 Å². The first-order valence-corrected chi connectivity index (χ1v) is 9.21. The minimum atomic E-state index is -0.963. The highest BCUT2D eigenvalue weighted by Gasteiger charge is 2.31. The van der Waals surface area contributed by atoms with Gasteiger partial charge in [-0.3, -0.25) is 14.5 Å². The zero-order valence-corrected chi connectivity index (χ0v) is 16.6. The number of imide groups is 1. The third-order valence-corrected chi connectivity index (χ3v) is 3.92. The number of hydrogen-bond donors (Lipinski definition) is 1. The number of amides is 3. The van der Waals surface area contributed by atoms with Crippen LogP contribution >= 0.6 is 0 Å². The molecule has 0 aromatic heterocycles. The van der Waals surface area contributed by atoms with Gasteiger partial charge in [0.05, 0.1) is 12.3 Å². The first-order chi connectivity index (χ1) is 13.1. The van der Waals surface area contributed by atoms with Crippen molar-refractivity contribution in [3.05, 3.63) is 29.8 Å². The van der Waals surface area contributed by atoms with Gasteiger partial charge < -0.3 is 14.8 Å². The third kappa shape index (κ3) is 5.80. The number of nitrogens with one attached hydrogen (secondary N) is 1. The highest BCUT2D eigenvalue weighted by Crippen LogP contribution is 2.24. The largest absolute Gasteiger partial charge is 0.464 e. The predicted octanol–water partition coefficient (Wildman–Crippen LogP) is 2.34. The van der Waals surface area contributed by atoms with E-state index in [1.54, 1.807) is 52.0 Å². The second-order valence-electron chi connectivity index (χ2n) is 7.45. The lowest BCUT2D eigenvalue weighted by molar-refractivity contribution is -0.145. The lowest BCUT2D eigenvalue weighted by atomic mass is 10.0. The highest BCUT2D eigenvalue weighted by atomic mass is 16.6. The molecule has 1 aliphatic heterocycles. The quantitative estimate of drug-likeness (QED) is 0.591. The van der Waals surface area contributed by atoms with Gasteiger partial charge in [0.15, 0.2) is 0 Å². The van der Waals surface area contributed by atoms with Crippen LogP contribution in [0.2, 0.25) is 0 Å². The molecule has 8 heteroatoms. The maximum atomic E-state index is 12.3. The smallest absolute Gasteiger partial charge is 0.408 e. The van der Waals surface area contributed by atoms with Crippen LogP contribution in [0.15, 0.2) is 24.3 Å². The molecular weight excluding hydrogens is 364 g/mol. The Morgan fingerprint density at radius 2 is 1.82 bits per heavy atom. The zero-order valence-electron chi connectivity index (χ0n) is 16.6. The van der Waals surface area contributed by atoms with Crippen LogP contribution in [0.25, 0.3) is 0 Å². The first-order valence-electron chi connectivity index (χ1n) is 9.21. The van der Waals surface area contributed by atoms with Crippen molar-refractivity contribution in [2.24, 2.45) is 0 Å². The molecule has 8 nitrogen and oxygen atoms in total. The van der Waals surface area contributed by atoms with Crippen molar-refractivity contribution >= 4 is 29.6 Å². The summed E-state index contributed by atoms with van der Waals surface area (Å²) in [6.07, 6.45) is -0.224. The molecule has 2 rings (SSSR count). The average Bonchev–Trinajstić information content (AvgIpc) is 2.91. The second-order valence-corrected chi connectivity index (χ2v) is 7.45. The summed E-state index contributed by atoms with van der Waals surface area (Å²) in [5, 5.41) is 2.53. The molecule has 1 aromatic rings. The predicted molar refractivity (Wildman–Crippen MR) is 102 cm³/mol. The summed E-state index contributed by atoms with van der Waals surface area (Å²) < 4.78 is 10.3. The lowest BCUT2D eigenvalue weighted by Crippen LogP contribution is -2.45. The van der Waals surface area contributed by atoms with Gasteiger partial charge in [0.2, 0.25) is 11.8 Å². The molecule has 0 spiro atoms. The number of alkyl carbamates (subject to hydrolysis) is 1. The summed E-state index contributed by atoms with van der Waals surface area (Å²) in [5.41, 5.74) is 0.406. The van der Waals surface area contributed by atoms with Crippen LogP contribution in [-0.4, -0.2) is 42.1 Å². The standard InChI is InChI=1S/C20H26N2O6/c1-5-27-18(25)15(21-19(26)28-20(2,3)4)12-13-7-6-8-14(11-13)22-16(23)9-10-17(22)24/h6-8,11,15H,5,9-10,12H2,1-4H3,(H,21,26)/t15-/m1/s1. The summed E-state index contributed by atoms with van der Waals surface area (Å²) >= 11 is 0. The van der Waals surface area contributed by atoms with E-state index in [9.17, 15) is 19.2 Å². The Morgan fingerprint density at radius 3 is 2.39 bits per heavy atom. The average molecular weight is 390 g/mol. The fourth-order valence-electron chi connectivity index (χ4n) is 2.81. The molecule has 1 atom stereocenters. The zero-order chi connectivity index (χ0) is 20.9. The fourth-order valence-corrected chi connectivity index (χ4v) is 2.81. The van der Waals surface area contributed by atoms with Crippen LogP contribution in [0, 0.1) is 0 Å². The summed E-state index contributed by atoms with van der Waals surface area (Å²) in [7, 11) is 0. The SMILES string of the molecule is CCOC(=O)[C@@H](Cc1cccc(N2C(=O)CCC2=O)c1)NC(=O)OC(C)(C)C. The van der Waals surface area contributed by atoms with Gasteiger partial charge in [0.25, 0.3) is 0 Å². The number of hydrogen-bond acceptors (Lipinski definition) is 6. The first kappa shape index (κ1) is 21.4. The molecule has 0 bridgehead atoms. The van der Waals surface area contributed by atoms with Gasteiger partial charge in [-0.25, -0.2) is 9.59 Å². The Bertz CT molecular complexity index is 752. The Kier molecular flexibility index (Phi) is 6.77. The molecule has 28 heavy (non-hydrogen) atoms. The third-order valence-electron chi connectivity index (χ3n) is 3.92. The van der Waals surface area contributed by atoms with Crippen molar-refractivity contribution in [2.75, 3.05) is 11.5 Å². The van der Waals surface area contributed by atoms with Crippen molar-refractivity contribution < 1.29 is 28.7 Å². The van der Waals surface area contributed by atoms with Crippen LogP contribution in [0.3, 0.4) is 0 Å². The molecule has 3 amide bonds. The molecule has 152 valence electrons. The van der Waals surface area contributed by atoms with Crippen LogP contribution in [0.1, 0.15) is 46.1 Å². The van der Waals surface area contributed by atoms with E-state index in [0.717, 1.165) is 4.90 Å². The Labute approximate surface area is 164 Å². The van der Waals surface area contributed by atoms with Gasteiger partial charge >= 0.3 is 12.1 Å². The van der Waals surface area contributed by atoms with Crippen molar-refractivity contribution in [3.63, 3.8) is 0 Å². The number of anilines is 1. The number of rotatable bonds is 6. The molecule has 1 heterocycles. The Balaban J connectivity index is 2.18. The monoisotopic (exact) mass is 390 g/mol. The lowest BCUT2D eigenvalue weighted by Gasteiger charge is -2.23. The highest BCUT2D eigenvalue weighted by molar-refractivity contribution is 6.19. The number of esters is 1. The van der Waals surface area contributed by atoms with Crippen LogP contribution < -0.4 is 10.2 Å². The number of carbonyl (C=O) groups excluding carboxylic acids is 4. The van der Waals surface area contributed by atoms with Gasteiger partial charge in [-0.1, -0.05) is 12.1 Å². The van der Waals surface area contributed by atoms with Crippen LogP contribution in [0.4, 0.5) is 10.5 Å². The normalized spacial score (nSPS) is 15.4. The summed E-state index contributed by atoms with van der Waals surface area (Å²) in [6, 6.07) is 5.79. The maximum Gasteiger partial charge on any atom is 0.408 e. The number of nitrogens with zero attached hydrogens (tertiary/aromatic N) is 1. The van der Waals surface area contributed by atoms with E-state index in [1.807, 2.05) is 0 Å². The minimum absolute atomic E-state index is 0.127. The van der Waals surface area contributed by atoms with E-state index < -0.39 is 23.7 Å². The number of ether oxygens (including phenoxy) is 2. The molecule has 1 fully saturated rings. The molecule has 0 unspecified atom stereocenters. The topological polar surface area (TPSA) is 102 Å². The van der Waals surface area contributed by atoms with E-state index in [1.165, 1.54) is 0 Å². The molecule has 1 saturated heterocycles. The van der Waals surface area contributed by atoms with Crippen molar-refractivity contribution in [1.82, 2.24) is 5.32 Å². The molecule has 0 aliphatic carbocycles. The number of carbonyl (C=O) groups is 4. The van der Waals surface area contributed by atoms with Crippen LogP contribution in [-0.2, 0) is 30.3 Å². The molecular formula is C20H26N2O6. The van der Waals surface area contributed by atoms with E-state index in [-0.39, 0.29) is 37.7 Å². The van der Waals surface area contributed by atoms with Gasteiger partial charge in [-0.15, -0.1) is 0 Å². The molecule has 1 aromatic carbocycles. The summed E-state index contributed by atoms with van der Waals surface area (Å²) in [4.78, 5) is 49.4. The van der Waals surface area contributed by atoms with Gasteiger partial charge in [0.1, 0.15) is 11.6 Å². The summed E-state index contributed by atoms with van der Waals surface area (Å²) in [5.74, 6) is -1.10. The Hall–Kier alpha value is -2.90. The molecule has 1 N–H and O–H groups in total. The van der Waals surface area contributed by atoms with E-state index in [4.69, 9.17) is 9.47 Å². The van der Waals surface area contributed by atoms with E-state index in [0.29, 0.717) is 11.3 Å². The van der Waals surface area contributed by atoms with E-state index >= 15 is 0 Å². The van der Waals surface area contributed by atoms with Gasteiger partial charge in [-0.05, 0) is 45.4 Å². The Morgan fingerprint density at radius 1 is 1.18 bits per heavy atom. The van der Waals surface area contributed by atoms with Gasteiger partial charge in [-0.2, -0.15) is 0 Å². The molecule has 0 saturated carbocycles. The molecule has 1 aliphatic rings. The summed E-state index contributed by atoms with van der Waals surface area (Å²) in [6.45, 7) is 7.01. The minimum Gasteiger partial charge on any atom is -0.464 e. The van der Waals surface area contributed by atoms with E-state index in [2.05, 4.69) is 5.32 Å². The number of benzene rings is 1. The van der Waals surface area contributed by atoms with Crippen molar-refractivity contribution in [2.45, 2.75) is 58.6 Å².